The number of carbonyl (C=O) groups excluding carboxylic acids is 2. The standard InChI is InChI=1S/C19H28N2O7/c1-12(2)7-6-8-13(3)20-18(22)11-28-19(23)14-9-16(26-4)17(27-5)10-15(14)21(24)25/h9-10,12-13H,6-8,11H2,1-5H3,(H,20,22). The van der Waals surface area contributed by atoms with E-state index in [-0.39, 0.29) is 23.1 Å². The summed E-state index contributed by atoms with van der Waals surface area (Å²) in [6, 6.07) is 2.18. The van der Waals surface area contributed by atoms with Crippen LogP contribution in [0.4, 0.5) is 5.69 Å². The number of esters is 1. The van der Waals surface area contributed by atoms with Crippen molar-refractivity contribution in [2.75, 3.05) is 20.8 Å². The zero-order chi connectivity index (χ0) is 21.3. The number of methoxy groups -OCH3 is 2. The molecule has 0 aliphatic rings. The highest BCUT2D eigenvalue weighted by molar-refractivity contribution is 5.96. The van der Waals surface area contributed by atoms with E-state index in [0.717, 1.165) is 31.4 Å². The molecule has 1 unspecified atom stereocenters. The molecule has 0 spiro atoms. The Labute approximate surface area is 164 Å². The van der Waals surface area contributed by atoms with E-state index in [2.05, 4.69) is 19.2 Å². The summed E-state index contributed by atoms with van der Waals surface area (Å²) in [7, 11) is 2.67. The smallest absolute Gasteiger partial charge is 0.345 e. The molecule has 9 heteroatoms. The van der Waals surface area contributed by atoms with Crippen LogP contribution in [0.3, 0.4) is 0 Å². The maximum Gasteiger partial charge on any atom is 0.345 e. The Morgan fingerprint density at radius 2 is 1.71 bits per heavy atom. The number of nitro benzene ring substituents is 1. The Hall–Kier alpha value is -2.84. The third-order valence-electron chi connectivity index (χ3n) is 4.08. The molecule has 28 heavy (non-hydrogen) atoms. The second-order valence-corrected chi connectivity index (χ2v) is 6.85. The minimum Gasteiger partial charge on any atom is -0.493 e. The van der Waals surface area contributed by atoms with Gasteiger partial charge < -0.3 is 19.5 Å². The SMILES string of the molecule is COc1cc(C(=O)OCC(=O)NC(C)CCCC(C)C)c([N+](=O)[O-])cc1OC. The molecular weight excluding hydrogens is 368 g/mol. The third kappa shape index (κ3) is 7.05. The van der Waals surface area contributed by atoms with Crippen LogP contribution in [-0.2, 0) is 9.53 Å². The van der Waals surface area contributed by atoms with E-state index in [4.69, 9.17) is 14.2 Å². The summed E-state index contributed by atoms with van der Waals surface area (Å²) in [6.45, 7) is 5.62. The lowest BCUT2D eigenvalue weighted by molar-refractivity contribution is -0.385. The molecule has 0 saturated carbocycles. The first kappa shape index (κ1) is 23.2. The lowest BCUT2D eigenvalue weighted by atomic mass is 10.0. The molecule has 1 rings (SSSR count). The van der Waals surface area contributed by atoms with Gasteiger partial charge in [0, 0.05) is 12.1 Å². The number of hydrogen-bond donors (Lipinski definition) is 1. The van der Waals surface area contributed by atoms with Crippen LogP contribution in [0.1, 0.15) is 50.4 Å². The normalized spacial score (nSPS) is 11.6. The Morgan fingerprint density at radius 1 is 1.11 bits per heavy atom. The minimum absolute atomic E-state index is 0.0552. The van der Waals surface area contributed by atoms with E-state index < -0.39 is 29.1 Å². The molecule has 0 heterocycles. The Bertz CT molecular complexity index is 704. The van der Waals surface area contributed by atoms with Gasteiger partial charge in [-0.05, 0) is 19.3 Å². The molecule has 1 aromatic carbocycles. The number of amides is 1. The number of nitro groups is 1. The number of hydrogen-bond acceptors (Lipinski definition) is 7. The Morgan fingerprint density at radius 3 is 2.25 bits per heavy atom. The molecule has 1 atom stereocenters. The summed E-state index contributed by atoms with van der Waals surface area (Å²) < 4.78 is 15.0. The van der Waals surface area contributed by atoms with Crippen LogP contribution in [0, 0.1) is 16.0 Å². The highest BCUT2D eigenvalue weighted by atomic mass is 16.6. The first-order valence-electron chi connectivity index (χ1n) is 9.06. The van der Waals surface area contributed by atoms with Crippen LogP contribution >= 0.6 is 0 Å². The highest BCUT2D eigenvalue weighted by Gasteiger charge is 2.26. The van der Waals surface area contributed by atoms with Crippen molar-refractivity contribution in [3.05, 3.63) is 27.8 Å². The number of nitrogens with one attached hydrogen (secondary N) is 1. The van der Waals surface area contributed by atoms with E-state index in [1.807, 2.05) is 6.92 Å². The topological polar surface area (TPSA) is 117 Å². The average Bonchev–Trinajstić information content (AvgIpc) is 2.64. The predicted octanol–water partition coefficient (Wildman–Crippen LogP) is 3.10. The molecule has 0 aliphatic heterocycles. The summed E-state index contributed by atoms with van der Waals surface area (Å²) in [4.78, 5) is 34.8. The first-order chi connectivity index (χ1) is 13.2. The molecule has 0 aliphatic carbocycles. The maximum atomic E-state index is 12.3. The third-order valence-corrected chi connectivity index (χ3v) is 4.08. The van der Waals surface area contributed by atoms with Crippen LogP contribution in [0.15, 0.2) is 12.1 Å². The molecule has 0 saturated heterocycles. The van der Waals surface area contributed by atoms with Gasteiger partial charge in [-0.2, -0.15) is 0 Å². The second-order valence-electron chi connectivity index (χ2n) is 6.85. The molecule has 0 radical (unpaired) electrons. The molecule has 1 N–H and O–H groups in total. The Balaban J connectivity index is 2.72. The van der Waals surface area contributed by atoms with Crippen LogP contribution in [0.5, 0.6) is 11.5 Å². The zero-order valence-electron chi connectivity index (χ0n) is 16.9. The number of rotatable bonds is 11. The first-order valence-corrected chi connectivity index (χ1v) is 9.06. The molecule has 1 amide bonds. The summed E-state index contributed by atoms with van der Waals surface area (Å²) in [5, 5.41) is 14.0. The van der Waals surface area contributed by atoms with Gasteiger partial charge in [0.2, 0.25) is 0 Å². The van der Waals surface area contributed by atoms with E-state index >= 15 is 0 Å². The van der Waals surface area contributed by atoms with Crippen LogP contribution in [0.2, 0.25) is 0 Å². The lowest BCUT2D eigenvalue weighted by Gasteiger charge is -2.15. The summed E-state index contributed by atoms with van der Waals surface area (Å²) >= 11 is 0. The number of carbonyl (C=O) groups is 2. The number of nitrogens with zero attached hydrogens (tertiary/aromatic N) is 1. The van der Waals surface area contributed by atoms with Gasteiger partial charge in [0.25, 0.3) is 11.6 Å². The molecule has 0 bridgehead atoms. The number of ether oxygens (including phenoxy) is 3. The van der Waals surface area contributed by atoms with Crippen molar-refractivity contribution in [3.8, 4) is 11.5 Å². The summed E-state index contributed by atoms with van der Waals surface area (Å²) in [5.41, 5.74) is -0.814. The largest absolute Gasteiger partial charge is 0.493 e. The summed E-state index contributed by atoms with van der Waals surface area (Å²) in [6.07, 6.45) is 2.87. The van der Waals surface area contributed by atoms with Crippen molar-refractivity contribution in [2.24, 2.45) is 5.92 Å². The van der Waals surface area contributed by atoms with Gasteiger partial charge in [0.15, 0.2) is 18.1 Å². The van der Waals surface area contributed by atoms with E-state index in [9.17, 15) is 19.7 Å². The molecule has 1 aromatic rings. The van der Waals surface area contributed by atoms with Gasteiger partial charge in [-0.1, -0.05) is 26.7 Å². The van der Waals surface area contributed by atoms with Crippen LogP contribution in [0.25, 0.3) is 0 Å². The van der Waals surface area contributed by atoms with E-state index in [1.165, 1.54) is 14.2 Å². The molecule has 9 nitrogen and oxygen atoms in total. The van der Waals surface area contributed by atoms with Gasteiger partial charge >= 0.3 is 5.97 Å². The second kappa shape index (κ2) is 11.1. The van der Waals surface area contributed by atoms with Crippen LogP contribution in [-0.4, -0.2) is 43.7 Å². The average molecular weight is 396 g/mol. The molecule has 156 valence electrons. The van der Waals surface area contributed by atoms with Crippen molar-refractivity contribution in [2.45, 2.75) is 46.1 Å². The van der Waals surface area contributed by atoms with Crippen LogP contribution < -0.4 is 14.8 Å². The Kier molecular flexibility index (Phi) is 9.20. The lowest BCUT2D eigenvalue weighted by Crippen LogP contribution is -2.35. The highest BCUT2D eigenvalue weighted by Crippen LogP contribution is 2.34. The maximum absolute atomic E-state index is 12.3. The van der Waals surface area contributed by atoms with E-state index in [1.54, 1.807) is 0 Å². The minimum atomic E-state index is -0.990. The van der Waals surface area contributed by atoms with Gasteiger partial charge in [-0.3, -0.25) is 14.9 Å². The van der Waals surface area contributed by atoms with Crippen molar-refractivity contribution in [3.63, 3.8) is 0 Å². The fourth-order valence-electron chi connectivity index (χ4n) is 2.61. The van der Waals surface area contributed by atoms with Gasteiger partial charge in [0.05, 0.1) is 25.2 Å². The fraction of sp³-hybridized carbons (Fsp3) is 0.579. The van der Waals surface area contributed by atoms with Crippen molar-refractivity contribution in [1.82, 2.24) is 5.32 Å². The molecular formula is C19H28N2O7. The predicted molar refractivity (Wildman–Crippen MR) is 103 cm³/mol. The number of benzene rings is 1. The van der Waals surface area contributed by atoms with Crippen molar-refractivity contribution >= 4 is 17.6 Å². The van der Waals surface area contributed by atoms with Crippen molar-refractivity contribution in [1.29, 1.82) is 0 Å². The summed E-state index contributed by atoms with van der Waals surface area (Å²) in [5.74, 6) is -0.605. The fourth-order valence-corrected chi connectivity index (χ4v) is 2.61. The van der Waals surface area contributed by atoms with Gasteiger partial charge in [-0.25, -0.2) is 4.79 Å². The van der Waals surface area contributed by atoms with E-state index in [0.29, 0.717) is 5.92 Å². The molecule has 0 fully saturated rings. The monoisotopic (exact) mass is 396 g/mol. The van der Waals surface area contributed by atoms with Gasteiger partial charge in [-0.15, -0.1) is 0 Å². The van der Waals surface area contributed by atoms with Crippen molar-refractivity contribution < 1.29 is 28.7 Å². The quantitative estimate of drug-likeness (QED) is 0.347. The zero-order valence-corrected chi connectivity index (χ0v) is 16.9. The molecule has 0 aromatic heterocycles. The van der Waals surface area contributed by atoms with Gasteiger partial charge in [0.1, 0.15) is 5.56 Å².